The SMILES string of the molecule is COc1ccc(-c2ccnnc2N=C(SC)SC)c(C)c1. The van der Waals surface area contributed by atoms with Gasteiger partial charge in [0.25, 0.3) is 0 Å². The lowest BCUT2D eigenvalue weighted by atomic mass is 10.0. The Balaban J connectivity index is 2.52. The zero-order chi connectivity index (χ0) is 15.2. The predicted molar refractivity (Wildman–Crippen MR) is 92.9 cm³/mol. The van der Waals surface area contributed by atoms with E-state index in [1.807, 2.05) is 36.8 Å². The molecule has 0 aliphatic carbocycles. The van der Waals surface area contributed by atoms with Crippen molar-refractivity contribution in [3.8, 4) is 16.9 Å². The molecule has 0 saturated heterocycles. The topological polar surface area (TPSA) is 47.4 Å². The minimum absolute atomic E-state index is 0.643. The number of thioether (sulfide) groups is 2. The summed E-state index contributed by atoms with van der Waals surface area (Å²) in [6.45, 7) is 2.05. The quantitative estimate of drug-likeness (QED) is 0.627. The van der Waals surface area contributed by atoms with Crippen LogP contribution in [0.25, 0.3) is 11.1 Å². The summed E-state index contributed by atoms with van der Waals surface area (Å²) >= 11 is 3.21. The number of aromatic nitrogens is 2. The summed E-state index contributed by atoms with van der Waals surface area (Å²) in [5.41, 5.74) is 3.19. The molecule has 21 heavy (non-hydrogen) atoms. The fraction of sp³-hybridized carbons (Fsp3) is 0.267. The van der Waals surface area contributed by atoms with E-state index >= 15 is 0 Å². The van der Waals surface area contributed by atoms with Crippen LogP contribution in [0.4, 0.5) is 5.82 Å². The highest BCUT2D eigenvalue weighted by atomic mass is 32.2. The normalized spacial score (nSPS) is 10.3. The van der Waals surface area contributed by atoms with Crippen molar-refractivity contribution in [2.45, 2.75) is 6.92 Å². The van der Waals surface area contributed by atoms with Gasteiger partial charge >= 0.3 is 0 Å². The minimum atomic E-state index is 0.643. The summed E-state index contributed by atoms with van der Waals surface area (Å²) in [6, 6.07) is 7.93. The molecule has 0 N–H and O–H groups in total. The maximum atomic E-state index is 5.25. The lowest BCUT2D eigenvalue weighted by molar-refractivity contribution is 0.414. The molecule has 0 aliphatic heterocycles. The smallest absolute Gasteiger partial charge is 0.183 e. The van der Waals surface area contributed by atoms with E-state index in [1.165, 1.54) is 0 Å². The number of benzene rings is 1. The number of hydrogen-bond acceptors (Lipinski definition) is 6. The van der Waals surface area contributed by atoms with Gasteiger partial charge in [0, 0.05) is 5.56 Å². The van der Waals surface area contributed by atoms with Crippen LogP contribution in [-0.4, -0.2) is 34.2 Å². The second-order valence-corrected chi connectivity index (χ2v) is 6.08. The van der Waals surface area contributed by atoms with Gasteiger partial charge in [-0.15, -0.1) is 28.6 Å². The maximum Gasteiger partial charge on any atom is 0.183 e. The zero-order valence-electron chi connectivity index (χ0n) is 12.5. The molecule has 0 spiro atoms. The van der Waals surface area contributed by atoms with Crippen LogP contribution in [0.3, 0.4) is 0 Å². The Morgan fingerprint density at radius 3 is 2.52 bits per heavy atom. The molecule has 4 nitrogen and oxygen atoms in total. The molecule has 0 fully saturated rings. The zero-order valence-corrected chi connectivity index (χ0v) is 14.1. The number of aliphatic imine (C=N–C) groups is 1. The number of ether oxygens (including phenoxy) is 1. The molecular weight excluding hydrogens is 302 g/mol. The lowest BCUT2D eigenvalue weighted by Crippen LogP contribution is -1.92. The average Bonchev–Trinajstić information content (AvgIpc) is 2.53. The van der Waals surface area contributed by atoms with E-state index in [0.717, 1.165) is 26.8 Å². The van der Waals surface area contributed by atoms with E-state index in [9.17, 15) is 0 Å². The molecule has 0 bridgehead atoms. The molecular formula is C15H17N3OS2. The fourth-order valence-electron chi connectivity index (χ4n) is 1.94. The van der Waals surface area contributed by atoms with Crippen molar-refractivity contribution in [2.24, 2.45) is 4.99 Å². The predicted octanol–water partition coefficient (Wildman–Crippen LogP) is 4.17. The van der Waals surface area contributed by atoms with E-state index in [2.05, 4.69) is 22.1 Å². The van der Waals surface area contributed by atoms with Crippen LogP contribution < -0.4 is 4.74 Å². The first kappa shape index (κ1) is 15.9. The highest BCUT2D eigenvalue weighted by Crippen LogP contribution is 2.33. The Morgan fingerprint density at radius 2 is 1.90 bits per heavy atom. The van der Waals surface area contributed by atoms with Crippen LogP contribution in [-0.2, 0) is 0 Å². The van der Waals surface area contributed by atoms with Gasteiger partial charge in [0.15, 0.2) is 5.82 Å². The van der Waals surface area contributed by atoms with Crippen molar-refractivity contribution < 1.29 is 4.74 Å². The van der Waals surface area contributed by atoms with Crippen molar-refractivity contribution in [3.05, 3.63) is 36.0 Å². The Bertz CT molecular complexity index is 653. The van der Waals surface area contributed by atoms with Crippen molar-refractivity contribution in [2.75, 3.05) is 19.6 Å². The summed E-state index contributed by atoms with van der Waals surface area (Å²) in [4.78, 5) is 4.59. The first-order valence-electron chi connectivity index (χ1n) is 6.33. The molecule has 110 valence electrons. The lowest BCUT2D eigenvalue weighted by Gasteiger charge is -2.10. The molecule has 1 aromatic heterocycles. The van der Waals surface area contributed by atoms with Gasteiger partial charge in [-0.3, -0.25) is 0 Å². The maximum absolute atomic E-state index is 5.25. The van der Waals surface area contributed by atoms with Crippen LogP contribution in [0.5, 0.6) is 5.75 Å². The van der Waals surface area contributed by atoms with Crippen molar-refractivity contribution in [1.82, 2.24) is 10.2 Å². The van der Waals surface area contributed by atoms with Crippen molar-refractivity contribution >= 4 is 33.7 Å². The van der Waals surface area contributed by atoms with Gasteiger partial charge in [-0.05, 0) is 48.8 Å². The molecule has 0 aliphatic rings. The molecule has 2 aromatic rings. The summed E-state index contributed by atoms with van der Waals surface area (Å²) in [5.74, 6) is 1.49. The van der Waals surface area contributed by atoms with Crippen LogP contribution in [0, 0.1) is 6.92 Å². The highest BCUT2D eigenvalue weighted by Gasteiger charge is 2.10. The molecule has 0 amide bonds. The Labute approximate surface area is 133 Å². The minimum Gasteiger partial charge on any atom is -0.497 e. The van der Waals surface area contributed by atoms with Crippen LogP contribution in [0.1, 0.15) is 5.56 Å². The third-order valence-electron chi connectivity index (χ3n) is 2.97. The molecule has 0 atom stereocenters. The summed E-state index contributed by atoms with van der Waals surface area (Å²) < 4.78 is 6.21. The number of nitrogens with zero attached hydrogens (tertiary/aromatic N) is 3. The second kappa shape index (κ2) is 7.47. The molecule has 6 heteroatoms. The number of aryl methyl sites for hydroxylation is 1. The Hall–Kier alpha value is -1.53. The molecule has 1 aromatic carbocycles. The number of rotatable bonds is 3. The first-order valence-corrected chi connectivity index (χ1v) is 8.78. The summed E-state index contributed by atoms with van der Waals surface area (Å²) in [6.07, 6.45) is 5.70. The largest absolute Gasteiger partial charge is 0.497 e. The standard InChI is InChI=1S/C15H17N3OS2/c1-10-9-11(19-2)5-6-12(10)13-7-8-16-18-14(13)17-15(20-3)21-4/h5-9H,1-4H3. The van der Waals surface area contributed by atoms with Gasteiger partial charge in [0.05, 0.1) is 13.3 Å². The van der Waals surface area contributed by atoms with Gasteiger partial charge in [0.1, 0.15) is 10.1 Å². The molecule has 0 unspecified atom stereocenters. The van der Waals surface area contributed by atoms with E-state index in [0.29, 0.717) is 5.82 Å². The van der Waals surface area contributed by atoms with Crippen molar-refractivity contribution in [3.63, 3.8) is 0 Å². The van der Waals surface area contributed by atoms with E-state index in [1.54, 1.807) is 36.8 Å². The molecule has 0 radical (unpaired) electrons. The third-order valence-corrected chi connectivity index (χ3v) is 4.85. The average molecular weight is 319 g/mol. The van der Waals surface area contributed by atoms with Gasteiger partial charge < -0.3 is 4.74 Å². The summed E-state index contributed by atoms with van der Waals surface area (Å²) in [5, 5.41) is 8.13. The van der Waals surface area contributed by atoms with Crippen LogP contribution in [0.15, 0.2) is 35.5 Å². The third kappa shape index (κ3) is 3.77. The highest BCUT2D eigenvalue weighted by molar-refractivity contribution is 8.38. The van der Waals surface area contributed by atoms with Crippen LogP contribution >= 0.6 is 23.5 Å². The summed E-state index contributed by atoms with van der Waals surface area (Å²) in [7, 11) is 1.67. The molecule has 0 saturated carbocycles. The molecule has 1 heterocycles. The fourth-order valence-corrected chi connectivity index (χ4v) is 2.97. The number of hydrogen-bond donors (Lipinski definition) is 0. The van der Waals surface area contributed by atoms with Gasteiger partial charge in [-0.2, -0.15) is 5.10 Å². The number of methoxy groups -OCH3 is 1. The van der Waals surface area contributed by atoms with Gasteiger partial charge in [0.2, 0.25) is 0 Å². The monoisotopic (exact) mass is 319 g/mol. The van der Waals surface area contributed by atoms with Gasteiger partial charge in [-0.25, -0.2) is 4.99 Å². The van der Waals surface area contributed by atoms with E-state index in [-0.39, 0.29) is 0 Å². The van der Waals surface area contributed by atoms with Crippen LogP contribution in [0.2, 0.25) is 0 Å². The van der Waals surface area contributed by atoms with Gasteiger partial charge in [-0.1, -0.05) is 6.07 Å². The Kier molecular flexibility index (Phi) is 5.64. The first-order chi connectivity index (χ1) is 10.2. The van der Waals surface area contributed by atoms with Crippen molar-refractivity contribution in [1.29, 1.82) is 0 Å². The molecule has 2 rings (SSSR count). The second-order valence-electron chi connectivity index (χ2n) is 4.24. The van der Waals surface area contributed by atoms with E-state index in [4.69, 9.17) is 4.74 Å². The van der Waals surface area contributed by atoms with E-state index < -0.39 is 0 Å². The Morgan fingerprint density at radius 1 is 1.14 bits per heavy atom.